The first kappa shape index (κ1) is 20.5. The van der Waals surface area contributed by atoms with Crippen LogP contribution in [0.2, 0.25) is 0 Å². The lowest BCUT2D eigenvalue weighted by Crippen LogP contribution is -2.02. The van der Waals surface area contributed by atoms with Gasteiger partial charge in [-0.25, -0.2) is 9.98 Å². The number of nitrogens with zero attached hydrogens (tertiary/aromatic N) is 2. The molecule has 184 valence electrons. The maximum atomic E-state index is 5.16. The van der Waals surface area contributed by atoms with Gasteiger partial charge < -0.3 is 25.3 Å². The zero-order valence-corrected chi connectivity index (χ0v) is 20.6. The molecule has 0 atom stereocenters. The lowest BCUT2D eigenvalue weighted by atomic mass is 10.1. The fraction of sp³-hybridized carbons (Fsp3) is 0. The van der Waals surface area contributed by atoms with E-state index in [0.29, 0.717) is 0 Å². The second-order valence-corrected chi connectivity index (χ2v) is 9.93. The molecule has 5 N–H and O–H groups in total. The van der Waals surface area contributed by atoms with Crippen LogP contribution in [-0.4, -0.2) is 19.9 Å². The van der Waals surface area contributed by atoms with E-state index in [0.717, 1.165) is 88.0 Å². The normalized spacial score (nSPS) is 12.7. The van der Waals surface area contributed by atoms with Crippen LogP contribution in [0.5, 0.6) is 0 Å². The lowest BCUT2D eigenvalue weighted by molar-refractivity contribution is 1.12. The molecule has 0 fully saturated rings. The minimum atomic E-state index is 0.791. The molecular weight excluding hydrogens is 482 g/mol. The largest absolute Gasteiger partial charge is 0.337 e. The van der Waals surface area contributed by atoms with Crippen molar-refractivity contribution in [3.05, 3.63) is 119 Å². The molecule has 1 aliphatic heterocycles. The van der Waals surface area contributed by atoms with Gasteiger partial charge in [-0.1, -0.05) is 97.1 Å². The summed E-state index contributed by atoms with van der Waals surface area (Å²) in [4.78, 5) is 24.7. The van der Waals surface area contributed by atoms with Crippen LogP contribution in [0.15, 0.2) is 107 Å². The Balaban J connectivity index is 1.55. The number of nitrogens with one attached hydrogen (secondary N) is 5. The topological polar surface area (TPSA) is 99.9 Å². The first-order valence-corrected chi connectivity index (χ1v) is 13.0. The molecule has 0 spiro atoms. The van der Waals surface area contributed by atoms with Crippen molar-refractivity contribution in [1.82, 2.24) is 19.9 Å². The van der Waals surface area contributed by atoms with Gasteiger partial charge in [0, 0.05) is 43.1 Å². The van der Waals surface area contributed by atoms with Crippen LogP contribution >= 0.6 is 0 Å². The number of benzene rings is 4. The van der Waals surface area contributed by atoms with Crippen molar-refractivity contribution in [1.29, 1.82) is 0 Å². The second kappa shape index (κ2) is 7.49. The van der Waals surface area contributed by atoms with E-state index in [-0.39, 0.29) is 0 Å². The van der Waals surface area contributed by atoms with E-state index in [4.69, 9.17) is 9.98 Å². The van der Waals surface area contributed by atoms with E-state index in [1.165, 1.54) is 0 Å². The summed E-state index contributed by atoms with van der Waals surface area (Å²) in [6.45, 7) is 0. The Hall–Kier alpha value is -5.56. The smallest absolute Gasteiger partial charge is 0.141 e. The van der Waals surface area contributed by atoms with Gasteiger partial charge in [0.1, 0.15) is 34.2 Å². The summed E-state index contributed by atoms with van der Waals surface area (Å²) >= 11 is 0. The standard InChI is InChI=1S/C32H21N7/c1-3-11-19-17(9-1)25-26-18-10-2-4-12-20(18)28(34-26)36-30-22-14-6-8-16-24(22)32(38-30)39-31-23-15-7-5-13-21(23)29(37-31)35-27(19)33-25/h1-16,37-39H,(H,33,35)(H,34,36). The highest BCUT2D eigenvalue weighted by Gasteiger charge is 2.16. The Labute approximate surface area is 220 Å². The summed E-state index contributed by atoms with van der Waals surface area (Å²) in [6, 6.07) is 33.4. The quantitative estimate of drug-likeness (QED) is 0.153. The monoisotopic (exact) mass is 503 g/mol. The van der Waals surface area contributed by atoms with Gasteiger partial charge in [0.15, 0.2) is 0 Å². The highest BCUT2D eigenvalue weighted by Crippen LogP contribution is 2.37. The van der Waals surface area contributed by atoms with Crippen molar-refractivity contribution < 1.29 is 0 Å². The van der Waals surface area contributed by atoms with Crippen LogP contribution in [0.3, 0.4) is 0 Å². The van der Waals surface area contributed by atoms with E-state index in [1.807, 2.05) is 24.3 Å². The van der Waals surface area contributed by atoms with E-state index in [1.54, 1.807) is 0 Å². The molecule has 0 amide bonds. The summed E-state index contributed by atoms with van der Waals surface area (Å²) < 4.78 is 0. The number of rotatable bonds is 0. The average Bonchev–Trinajstić information content (AvgIpc) is 3.72. The summed E-state index contributed by atoms with van der Waals surface area (Å²) in [7, 11) is 0. The van der Waals surface area contributed by atoms with Crippen molar-refractivity contribution >= 4 is 66.4 Å². The Morgan fingerprint density at radius 2 is 0.718 bits per heavy atom. The summed E-state index contributed by atoms with van der Waals surface area (Å²) in [5.41, 5.74) is 1.61. The summed E-state index contributed by atoms with van der Waals surface area (Å²) in [6.07, 6.45) is 0. The van der Waals surface area contributed by atoms with Gasteiger partial charge in [0.25, 0.3) is 0 Å². The third-order valence-electron chi connectivity index (χ3n) is 7.73. The van der Waals surface area contributed by atoms with Crippen molar-refractivity contribution in [2.75, 3.05) is 5.32 Å². The molecule has 0 unspecified atom stereocenters. The molecule has 39 heavy (non-hydrogen) atoms. The van der Waals surface area contributed by atoms with Crippen LogP contribution in [-0.2, 0) is 0 Å². The SMILES string of the molecule is c1ccc2c3[nH]c(c2c1)N=c1[nH]c(c2ccccc12)=c1[nH]c(c2ccccc12)=Nc1[nH]c(c2ccccc12)N3. The Kier molecular flexibility index (Phi) is 3.93. The highest BCUT2D eigenvalue weighted by molar-refractivity contribution is 6.06. The van der Waals surface area contributed by atoms with Crippen molar-refractivity contribution in [3.63, 3.8) is 0 Å². The van der Waals surface area contributed by atoms with Crippen LogP contribution in [0.4, 0.5) is 23.3 Å². The van der Waals surface area contributed by atoms with Gasteiger partial charge in [0.05, 0.1) is 10.7 Å². The molecular formula is C32H21N7. The molecule has 8 aromatic rings. The summed E-state index contributed by atoms with van der Waals surface area (Å²) in [5.74, 6) is 3.33. The zero-order valence-electron chi connectivity index (χ0n) is 20.6. The molecule has 9 rings (SSSR count). The van der Waals surface area contributed by atoms with E-state index < -0.39 is 0 Å². The average molecular weight is 504 g/mol. The minimum absolute atomic E-state index is 0.791. The maximum absolute atomic E-state index is 5.16. The highest BCUT2D eigenvalue weighted by atomic mass is 15.1. The number of aromatic nitrogens is 4. The fourth-order valence-corrected chi connectivity index (χ4v) is 5.94. The van der Waals surface area contributed by atoms with Crippen LogP contribution in [0, 0.1) is 10.7 Å². The molecule has 4 aromatic carbocycles. The van der Waals surface area contributed by atoms with E-state index >= 15 is 0 Å². The number of aromatic amines is 4. The fourth-order valence-electron chi connectivity index (χ4n) is 5.94. The third-order valence-corrected chi connectivity index (χ3v) is 7.73. The number of H-pyrrole nitrogens is 4. The lowest BCUT2D eigenvalue weighted by Gasteiger charge is -2.03. The molecule has 4 aromatic heterocycles. The van der Waals surface area contributed by atoms with Crippen LogP contribution in [0.25, 0.3) is 43.1 Å². The molecule has 0 saturated heterocycles. The Morgan fingerprint density at radius 3 is 1.15 bits per heavy atom. The second-order valence-electron chi connectivity index (χ2n) is 9.93. The van der Waals surface area contributed by atoms with Crippen molar-refractivity contribution in [2.45, 2.75) is 0 Å². The van der Waals surface area contributed by atoms with Gasteiger partial charge in [0.2, 0.25) is 0 Å². The first-order valence-electron chi connectivity index (χ1n) is 13.0. The molecule has 0 radical (unpaired) electrons. The number of fused-ring (bicyclic) bond motifs is 20. The predicted octanol–water partition coefficient (Wildman–Crippen LogP) is 6.86. The van der Waals surface area contributed by atoms with Gasteiger partial charge in [-0.3, -0.25) is 0 Å². The van der Waals surface area contributed by atoms with E-state index in [9.17, 15) is 0 Å². The van der Waals surface area contributed by atoms with Gasteiger partial charge in [-0.2, -0.15) is 0 Å². The van der Waals surface area contributed by atoms with Gasteiger partial charge in [-0.05, 0) is 0 Å². The third kappa shape index (κ3) is 2.86. The molecule has 5 heterocycles. The van der Waals surface area contributed by atoms with Crippen molar-refractivity contribution in [2.24, 2.45) is 9.98 Å². The first-order chi connectivity index (χ1) is 19.3. The molecule has 0 saturated carbocycles. The van der Waals surface area contributed by atoms with Crippen LogP contribution < -0.4 is 16.3 Å². The molecule has 7 heteroatoms. The van der Waals surface area contributed by atoms with Crippen LogP contribution in [0.1, 0.15) is 0 Å². The van der Waals surface area contributed by atoms with Gasteiger partial charge in [-0.15, -0.1) is 0 Å². The minimum Gasteiger partial charge on any atom is -0.337 e. The Bertz CT molecular complexity index is 2310. The van der Waals surface area contributed by atoms with Gasteiger partial charge >= 0.3 is 0 Å². The molecule has 0 aliphatic carbocycles. The number of hydrogen-bond donors (Lipinski definition) is 5. The summed E-state index contributed by atoms with van der Waals surface area (Å²) in [5, 5.41) is 14.1. The van der Waals surface area contributed by atoms with Crippen molar-refractivity contribution in [3.8, 4) is 0 Å². The Morgan fingerprint density at radius 1 is 0.359 bits per heavy atom. The zero-order chi connectivity index (χ0) is 25.5. The molecule has 8 bridgehead atoms. The predicted molar refractivity (Wildman–Crippen MR) is 156 cm³/mol. The molecule has 1 aliphatic rings. The number of anilines is 2. The maximum Gasteiger partial charge on any atom is 0.141 e. The number of hydrogen-bond acceptors (Lipinski definition) is 3. The van der Waals surface area contributed by atoms with E-state index in [2.05, 4.69) is 98.0 Å². The molecule has 7 nitrogen and oxygen atoms in total.